The molecule has 1 aromatic rings. The van der Waals surface area contributed by atoms with E-state index in [1.165, 1.54) is 6.92 Å². The molecule has 1 fully saturated rings. The molecule has 1 amide bonds. The molecule has 0 aliphatic carbocycles. The van der Waals surface area contributed by atoms with Crippen molar-refractivity contribution in [3.8, 4) is 0 Å². The number of hydrogen-bond acceptors (Lipinski definition) is 5. The first-order valence-electron chi connectivity index (χ1n) is 7.68. The van der Waals surface area contributed by atoms with Crippen LogP contribution in [0.25, 0.3) is 0 Å². The number of rotatable bonds is 7. The molecule has 0 radical (unpaired) electrons. The zero-order chi connectivity index (χ0) is 16.7. The summed E-state index contributed by atoms with van der Waals surface area (Å²) >= 11 is 0. The fraction of sp³-hybridized carbons (Fsp3) is 0.471. The van der Waals surface area contributed by atoms with E-state index >= 15 is 0 Å². The molecule has 0 saturated carbocycles. The molecule has 1 saturated heterocycles. The number of hydrogen-bond donors (Lipinski definition) is 1. The number of esters is 1. The van der Waals surface area contributed by atoms with Crippen molar-refractivity contribution >= 4 is 17.7 Å². The van der Waals surface area contributed by atoms with Crippen LogP contribution in [0.1, 0.15) is 25.3 Å². The van der Waals surface area contributed by atoms with Gasteiger partial charge in [-0.25, -0.2) is 4.79 Å². The van der Waals surface area contributed by atoms with Crippen molar-refractivity contribution < 1.29 is 23.9 Å². The van der Waals surface area contributed by atoms with E-state index in [1.54, 1.807) is 0 Å². The Labute approximate surface area is 135 Å². The molecule has 0 spiro atoms. The number of carbonyl (C=O) groups excluding carboxylic acids is 3. The van der Waals surface area contributed by atoms with Crippen LogP contribution in [0.5, 0.6) is 0 Å². The number of ether oxygens (including phenoxy) is 2. The topological polar surface area (TPSA) is 81.7 Å². The van der Waals surface area contributed by atoms with Crippen molar-refractivity contribution in [1.29, 1.82) is 0 Å². The van der Waals surface area contributed by atoms with Crippen LogP contribution in [0, 0.1) is 0 Å². The second kappa shape index (κ2) is 8.43. The Bertz CT molecular complexity index is 551. The van der Waals surface area contributed by atoms with Gasteiger partial charge >= 0.3 is 5.97 Å². The van der Waals surface area contributed by atoms with Crippen LogP contribution in [-0.4, -0.2) is 43.0 Å². The molecule has 124 valence electrons. The molecule has 6 nitrogen and oxygen atoms in total. The highest BCUT2D eigenvalue weighted by atomic mass is 16.6. The van der Waals surface area contributed by atoms with Crippen molar-refractivity contribution in [1.82, 2.24) is 5.32 Å². The maximum atomic E-state index is 11.9. The summed E-state index contributed by atoms with van der Waals surface area (Å²) in [5, 5.41) is 2.60. The third-order valence-electron chi connectivity index (χ3n) is 3.65. The molecule has 1 aliphatic heterocycles. The normalized spacial score (nSPS) is 18.2. The summed E-state index contributed by atoms with van der Waals surface area (Å²) in [5.74, 6) is -1.17. The van der Waals surface area contributed by atoms with Crippen molar-refractivity contribution in [2.45, 2.75) is 38.3 Å². The quantitative estimate of drug-likeness (QED) is 0.759. The number of ketones is 1. The van der Waals surface area contributed by atoms with Crippen molar-refractivity contribution in [3.05, 3.63) is 35.9 Å². The lowest BCUT2D eigenvalue weighted by Gasteiger charge is -2.16. The molecule has 6 heteroatoms. The van der Waals surface area contributed by atoms with Crippen LogP contribution in [0.3, 0.4) is 0 Å². The standard InChI is InChI=1S/C17H21NO5/c1-12(19)14(10-13-6-3-2-4-7-13)18-16(20)11-23-17(21)15-8-5-9-22-15/h2-4,6-7,14-15H,5,8-11H2,1H3,(H,18,20)/t14-,15+/m0/s1. The second-order valence-corrected chi connectivity index (χ2v) is 5.53. The van der Waals surface area contributed by atoms with Gasteiger partial charge in [0.15, 0.2) is 18.5 Å². The van der Waals surface area contributed by atoms with Gasteiger partial charge in [0.2, 0.25) is 0 Å². The average Bonchev–Trinajstić information content (AvgIpc) is 3.07. The Morgan fingerprint density at radius 2 is 2.04 bits per heavy atom. The van der Waals surface area contributed by atoms with E-state index in [2.05, 4.69) is 5.32 Å². The van der Waals surface area contributed by atoms with Crippen molar-refractivity contribution in [3.63, 3.8) is 0 Å². The van der Waals surface area contributed by atoms with E-state index in [1.807, 2.05) is 30.3 Å². The number of benzene rings is 1. The Morgan fingerprint density at radius 3 is 2.65 bits per heavy atom. The maximum Gasteiger partial charge on any atom is 0.335 e. The van der Waals surface area contributed by atoms with E-state index < -0.39 is 30.6 Å². The summed E-state index contributed by atoms with van der Waals surface area (Å²) in [6.45, 7) is 1.55. The van der Waals surface area contributed by atoms with Crippen LogP contribution in [-0.2, 0) is 30.3 Å². The molecule has 2 rings (SSSR count). The first-order chi connectivity index (χ1) is 11.1. The lowest BCUT2D eigenvalue weighted by Crippen LogP contribution is -2.43. The minimum Gasteiger partial charge on any atom is -0.454 e. The van der Waals surface area contributed by atoms with Gasteiger partial charge in [0, 0.05) is 6.61 Å². The van der Waals surface area contributed by atoms with E-state index in [0.29, 0.717) is 19.4 Å². The number of carbonyl (C=O) groups is 3. The highest BCUT2D eigenvalue weighted by Gasteiger charge is 2.26. The maximum absolute atomic E-state index is 11.9. The van der Waals surface area contributed by atoms with Gasteiger partial charge in [-0.1, -0.05) is 30.3 Å². The van der Waals surface area contributed by atoms with Gasteiger partial charge in [-0.2, -0.15) is 0 Å². The first kappa shape index (κ1) is 17.1. The molecular formula is C17H21NO5. The first-order valence-corrected chi connectivity index (χ1v) is 7.68. The van der Waals surface area contributed by atoms with E-state index in [4.69, 9.17) is 9.47 Å². The molecule has 2 atom stereocenters. The van der Waals surface area contributed by atoms with Crippen LogP contribution in [0.15, 0.2) is 30.3 Å². The third kappa shape index (κ3) is 5.49. The van der Waals surface area contributed by atoms with Gasteiger partial charge in [0.05, 0.1) is 6.04 Å². The predicted molar refractivity (Wildman–Crippen MR) is 82.7 cm³/mol. The zero-order valence-electron chi connectivity index (χ0n) is 13.1. The zero-order valence-corrected chi connectivity index (χ0v) is 13.1. The molecular weight excluding hydrogens is 298 g/mol. The van der Waals surface area contributed by atoms with Gasteiger partial charge in [-0.3, -0.25) is 9.59 Å². The van der Waals surface area contributed by atoms with Crippen LogP contribution >= 0.6 is 0 Å². The van der Waals surface area contributed by atoms with Gasteiger partial charge in [-0.05, 0) is 31.7 Å². The molecule has 1 aromatic carbocycles. The Kier molecular flexibility index (Phi) is 6.29. The van der Waals surface area contributed by atoms with E-state index in [0.717, 1.165) is 12.0 Å². The minimum absolute atomic E-state index is 0.146. The fourth-order valence-corrected chi connectivity index (χ4v) is 2.38. The van der Waals surface area contributed by atoms with Crippen molar-refractivity contribution in [2.75, 3.05) is 13.2 Å². The highest BCUT2D eigenvalue weighted by Crippen LogP contribution is 2.13. The SMILES string of the molecule is CC(=O)[C@H](Cc1ccccc1)NC(=O)COC(=O)[C@H]1CCCO1. The average molecular weight is 319 g/mol. The smallest absolute Gasteiger partial charge is 0.335 e. The van der Waals surface area contributed by atoms with E-state index in [-0.39, 0.29) is 5.78 Å². The Balaban J connectivity index is 1.81. The molecule has 1 N–H and O–H groups in total. The Hall–Kier alpha value is -2.21. The van der Waals surface area contributed by atoms with Gasteiger partial charge < -0.3 is 14.8 Å². The lowest BCUT2D eigenvalue weighted by atomic mass is 10.0. The van der Waals surface area contributed by atoms with Gasteiger partial charge in [0.1, 0.15) is 0 Å². The highest BCUT2D eigenvalue weighted by molar-refractivity contribution is 5.89. The largest absolute Gasteiger partial charge is 0.454 e. The summed E-state index contributed by atoms with van der Waals surface area (Å²) < 4.78 is 10.1. The summed E-state index contributed by atoms with van der Waals surface area (Å²) in [6, 6.07) is 8.77. The minimum atomic E-state index is -0.633. The molecule has 0 aromatic heterocycles. The monoisotopic (exact) mass is 319 g/mol. The third-order valence-corrected chi connectivity index (χ3v) is 3.65. The number of amides is 1. The number of Topliss-reactive ketones (excluding diaryl/α,β-unsaturated/α-hetero) is 1. The molecule has 1 aliphatic rings. The summed E-state index contributed by atoms with van der Waals surface area (Å²) in [5.41, 5.74) is 0.948. The lowest BCUT2D eigenvalue weighted by molar-refractivity contribution is -0.157. The fourth-order valence-electron chi connectivity index (χ4n) is 2.38. The van der Waals surface area contributed by atoms with Gasteiger partial charge in [0.25, 0.3) is 5.91 Å². The van der Waals surface area contributed by atoms with Gasteiger partial charge in [-0.15, -0.1) is 0 Å². The van der Waals surface area contributed by atoms with Crippen LogP contribution in [0.4, 0.5) is 0 Å². The van der Waals surface area contributed by atoms with E-state index in [9.17, 15) is 14.4 Å². The second-order valence-electron chi connectivity index (χ2n) is 5.53. The van der Waals surface area contributed by atoms with Crippen LogP contribution < -0.4 is 5.32 Å². The van der Waals surface area contributed by atoms with Crippen molar-refractivity contribution in [2.24, 2.45) is 0 Å². The molecule has 23 heavy (non-hydrogen) atoms. The summed E-state index contributed by atoms with van der Waals surface area (Å²) in [6.07, 6.45) is 1.26. The molecule has 0 unspecified atom stereocenters. The molecule has 1 heterocycles. The number of nitrogens with one attached hydrogen (secondary N) is 1. The molecule has 0 bridgehead atoms. The van der Waals surface area contributed by atoms with Crippen LogP contribution in [0.2, 0.25) is 0 Å². The summed E-state index contributed by atoms with van der Waals surface area (Å²) in [4.78, 5) is 35.2. The Morgan fingerprint density at radius 1 is 1.30 bits per heavy atom. The predicted octanol–water partition coefficient (Wildman–Crippen LogP) is 1.03. The summed E-state index contributed by atoms with van der Waals surface area (Å²) in [7, 11) is 0.